The summed E-state index contributed by atoms with van der Waals surface area (Å²) >= 11 is 0. The van der Waals surface area contributed by atoms with E-state index in [1.165, 1.54) is 0 Å². The topological polar surface area (TPSA) is 35.5 Å². The van der Waals surface area contributed by atoms with Crippen molar-refractivity contribution in [2.45, 2.75) is 58.4 Å². The maximum Gasteiger partial charge on any atom is 0.338 e. The van der Waals surface area contributed by atoms with Gasteiger partial charge in [0.2, 0.25) is 0 Å². The molecule has 1 rings (SSSR count). The van der Waals surface area contributed by atoms with Crippen molar-refractivity contribution in [1.29, 1.82) is 0 Å². The van der Waals surface area contributed by atoms with Crippen LogP contribution in [-0.2, 0) is 9.16 Å². The molecule has 4 heteroatoms. The van der Waals surface area contributed by atoms with Crippen LogP contribution in [0.4, 0.5) is 0 Å². The van der Waals surface area contributed by atoms with Gasteiger partial charge in [-0.25, -0.2) is 4.79 Å². The van der Waals surface area contributed by atoms with Crippen LogP contribution in [0.25, 0.3) is 0 Å². The lowest BCUT2D eigenvalue weighted by molar-refractivity contribution is 0.0293. The van der Waals surface area contributed by atoms with Gasteiger partial charge < -0.3 is 9.16 Å². The minimum absolute atomic E-state index is 0.137. The van der Waals surface area contributed by atoms with Gasteiger partial charge in [0.05, 0.1) is 5.56 Å². The fraction of sp³-hybridized carbons (Fsp3) is 0.588. The Hall–Kier alpha value is -1.13. The summed E-state index contributed by atoms with van der Waals surface area (Å²) in [5, 5.41) is 0.205. The van der Waals surface area contributed by atoms with Crippen LogP contribution in [0.3, 0.4) is 0 Å². The Morgan fingerprint density at radius 1 is 1.19 bits per heavy atom. The molecular weight excluding hydrogens is 280 g/mol. The van der Waals surface area contributed by atoms with Crippen LogP contribution in [0.1, 0.15) is 44.5 Å². The number of esters is 1. The van der Waals surface area contributed by atoms with Gasteiger partial charge in [0.25, 0.3) is 0 Å². The zero-order valence-electron chi connectivity index (χ0n) is 14.1. The van der Waals surface area contributed by atoms with Crippen LogP contribution in [0, 0.1) is 0 Å². The molecule has 0 heterocycles. The summed E-state index contributed by atoms with van der Waals surface area (Å²) in [6.07, 6.45) is 0.591. The molecule has 0 N–H and O–H groups in total. The summed E-state index contributed by atoms with van der Waals surface area (Å²) in [4.78, 5) is 11.9. The summed E-state index contributed by atoms with van der Waals surface area (Å²) in [5.41, 5.74) is 0.592. The first-order chi connectivity index (χ1) is 9.63. The number of hydrogen-bond donors (Lipinski definition) is 0. The Balaban J connectivity index is 2.38. The van der Waals surface area contributed by atoms with E-state index in [1.807, 2.05) is 25.1 Å². The Morgan fingerprint density at radius 2 is 1.76 bits per heavy atom. The number of carbonyl (C=O) groups is 1. The van der Waals surface area contributed by atoms with E-state index in [0.29, 0.717) is 12.2 Å². The quantitative estimate of drug-likeness (QED) is 0.567. The summed E-state index contributed by atoms with van der Waals surface area (Å²) in [7, 11) is -1.72. The number of rotatable bonds is 6. The largest absolute Gasteiger partial charge is 0.459 e. The number of hydrogen-bond acceptors (Lipinski definition) is 3. The summed E-state index contributed by atoms with van der Waals surface area (Å²) in [6, 6.07) is 9.08. The van der Waals surface area contributed by atoms with Crippen LogP contribution >= 0.6 is 0 Å². The summed E-state index contributed by atoms with van der Waals surface area (Å²) < 4.78 is 11.5. The molecule has 1 aromatic rings. The van der Waals surface area contributed by atoms with Crippen LogP contribution in [0.15, 0.2) is 30.3 Å². The predicted octanol–water partition coefficient (Wildman–Crippen LogP) is 4.64. The van der Waals surface area contributed by atoms with Gasteiger partial charge in [-0.3, -0.25) is 0 Å². The molecule has 0 aliphatic carbocycles. The average Bonchev–Trinajstić information content (AvgIpc) is 2.38. The maximum atomic E-state index is 11.9. The predicted molar refractivity (Wildman–Crippen MR) is 89.1 cm³/mol. The molecule has 0 saturated carbocycles. The minimum Gasteiger partial charge on any atom is -0.459 e. The van der Waals surface area contributed by atoms with Crippen molar-refractivity contribution in [2.75, 3.05) is 6.61 Å². The van der Waals surface area contributed by atoms with Crippen molar-refractivity contribution in [2.24, 2.45) is 0 Å². The van der Waals surface area contributed by atoms with Gasteiger partial charge in [0, 0.05) is 13.0 Å². The summed E-state index contributed by atoms with van der Waals surface area (Å²) in [5.74, 6) is -0.268. The second-order valence-corrected chi connectivity index (χ2v) is 11.8. The molecule has 0 saturated heterocycles. The number of ether oxygens (including phenoxy) is 1. The molecule has 0 aliphatic rings. The highest BCUT2D eigenvalue weighted by Crippen LogP contribution is 2.36. The molecule has 0 bridgehead atoms. The third kappa shape index (κ3) is 5.63. The molecule has 0 amide bonds. The molecule has 0 unspecified atom stereocenters. The Kier molecular flexibility index (Phi) is 6.17. The highest BCUT2D eigenvalue weighted by Gasteiger charge is 2.36. The molecule has 21 heavy (non-hydrogen) atoms. The zero-order valence-corrected chi connectivity index (χ0v) is 15.1. The lowest BCUT2D eigenvalue weighted by atomic mass is 10.2. The maximum absolute atomic E-state index is 11.9. The normalized spacial score (nSPS) is 13.8. The average molecular weight is 308 g/mol. The van der Waals surface area contributed by atoms with Crippen LogP contribution in [-0.4, -0.2) is 27.0 Å². The minimum atomic E-state index is -1.72. The lowest BCUT2D eigenvalue weighted by Crippen LogP contribution is -2.41. The first-order valence-corrected chi connectivity index (χ1v) is 10.4. The molecule has 118 valence electrons. The van der Waals surface area contributed by atoms with Gasteiger partial charge >= 0.3 is 5.97 Å². The smallest absolute Gasteiger partial charge is 0.338 e. The first kappa shape index (κ1) is 17.9. The van der Waals surface area contributed by atoms with Gasteiger partial charge in [-0.05, 0) is 37.2 Å². The van der Waals surface area contributed by atoms with Gasteiger partial charge in [-0.2, -0.15) is 0 Å². The van der Waals surface area contributed by atoms with E-state index in [-0.39, 0.29) is 17.1 Å². The van der Waals surface area contributed by atoms with Crippen molar-refractivity contribution in [1.82, 2.24) is 0 Å². The highest BCUT2D eigenvalue weighted by molar-refractivity contribution is 6.74. The van der Waals surface area contributed by atoms with Crippen molar-refractivity contribution < 1.29 is 14.0 Å². The van der Waals surface area contributed by atoms with E-state index in [2.05, 4.69) is 33.9 Å². The molecule has 0 aliphatic heterocycles. The van der Waals surface area contributed by atoms with Crippen molar-refractivity contribution in [3.8, 4) is 0 Å². The molecule has 3 nitrogen and oxygen atoms in total. The fourth-order valence-electron chi connectivity index (χ4n) is 1.58. The van der Waals surface area contributed by atoms with E-state index in [4.69, 9.17) is 9.16 Å². The highest BCUT2D eigenvalue weighted by atomic mass is 28.4. The molecule has 1 aromatic carbocycles. The summed E-state index contributed by atoms with van der Waals surface area (Å²) in [6.45, 7) is 13.7. The number of carbonyl (C=O) groups excluding carboxylic acids is 1. The van der Waals surface area contributed by atoms with E-state index >= 15 is 0 Å². The first-order valence-electron chi connectivity index (χ1n) is 7.53. The molecule has 0 aromatic heterocycles. The van der Waals surface area contributed by atoms with Gasteiger partial charge in [0.15, 0.2) is 8.32 Å². The lowest BCUT2D eigenvalue weighted by Gasteiger charge is -2.36. The van der Waals surface area contributed by atoms with Gasteiger partial charge in [-0.1, -0.05) is 39.0 Å². The van der Waals surface area contributed by atoms with Crippen LogP contribution in [0.5, 0.6) is 0 Å². The molecular formula is C17H28O3Si. The van der Waals surface area contributed by atoms with Crippen LogP contribution < -0.4 is 0 Å². The second-order valence-electron chi connectivity index (χ2n) is 6.98. The van der Waals surface area contributed by atoms with Crippen molar-refractivity contribution >= 4 is 14.3 Å². The standard InChI is InChI=1S/C17H28O3Si/c1-14(12-13-19-21(5,6)17(2,3)4)20-16(18)15-10-8-7-9-11-15/h7-11,14H,12-13H2,1-6H3/t14-/m1/s1. The van der Waals surface area contributed by atoms with E-state index < -0.39 is 8.32 Å². The molecule has 0 radical (unpaired) electrons. The third-order valence-electron chi connectivity index (χ3n) is 4.11. The second kappa shape index (κ2) is 7.23. The zero-order chi connectivity index (χ0) is 16.1. The van der Waals surface area contributed by atoms with Gasteiger partial charge in [-0.15, -0.1) is 0 Å². The van der Waals surface area contributed by atoms with E-state index in [0.717, 1.165) is 6.42 Å². The Labute approximate surface area is 129 Å². The molecule has 0 spiro atoms. The molecule has 1 atom stereocenters. The monoisotopic (exact) mass is 308 g/mol. The SMILES string of the molecule is C[C@H](CCO[Si](C)(C)C(C)(C)C)OC(=O)c1ccccc1. The van der Waals surface area contributed by atoms with E-state index in [1.54, 1.807) is 12.1 Å². The fourth-order valence-corrected chi connectivity index (χ4v) is 2.64. The Bertz CT molecular complexity index is 449. The third-order valence-corrected chi connectivity index (χ3v) is 8.65. The number of benzene rings is 1. The van der Waals surface area contributed by atoms with Crippen LogP contribution in [0.2, 0.25) is 18.1 Å². The Morgan fingerprint density at radius 3 is 2.29 bits per heavy atom. The van der Waals surface area contributed by atoms with Crippen molar-refractivity contribution in [3.05, 3.63) is 35.9 Å². The van der Waals surface area contributed by atoms with E-state index in [9.17, 15) is 4.79 Å². The molecule has 0 fully saturated rings. The van der Waals surface area contributed by atoms with Crippen molar-refractivity contribution in [3.63, 3.8) is 0 Å². The van der Waals surface area contributed by atoms with Gasteiger partial charge in [0.1, 0.15) is 6.10 Å².